The summed E-state index contributed by atoms with van der Waals surface area (Å²) >= 11 is 0. The largest absolute Gasteiger partial charge is 0.352 e. The van der Waals surface area contributed by atoms with E-state index in [1.807, 2.05) is 19.1 Å². The molecule has 0 aliphatic heterocycles. The van der Waals surface area contributed by atoms with Crippen LogP contribution in [0.4, 0.5) is 0 Å². The Bertz CT molecular complexity index is 722. The molecule has 1 amide bonds. The van der Waals surface area contributed by atoms with Crippen molar-refractivity contribution in [1.82, 2.24) is 14.7 Å². The number of carbonyl (C=O) groups excluding carboxylic acids is 1. The van der Waals surface area contributed by atoms with Crippen molar-refractivity contribution in [2.24, 2.45) is 0 Å². The molecule has 0 spiro atoms. The minimum absolute atomic E-state index is 0.0998. The molecule has 1 N–H and O–H groups in total. The highest BCUT2D eigenvalue weighted by Gasteiger charge is 2.13. The van der Waals surface area contributed by atoms with Crippen molar-refractivity contribution in [3.8, 4) is 0 Å². The van der Waals surface area contributed by atoms with E-state index < -0.39 is 0 Å². The van der Waals surface area contributed by atoms with Crippen molar-refractivity contribution in [2.75, 3.05) is 6.54 Å². The summed E-state index contributed by atoms with van der Waals surface area (Å²) in [6.45, 7) is 4.62. The van der Waals surface area contributed by atoms with Crippen LogP contribution in [0, 0.1) is 6.92 Å². The van der Waals surface area contributed by atoms with Crippen molar-refractivity contribution in [3.05, 3.63) is 46.0 Å². The Kier molecular flexibility index (Phi) is 6.32. The lowest BCUT2D eigenvalue weighted by Crippen LogP contribution is -2.32. The highest BCUT2D eigenvalue weighted by atomic mass is 16.2. The minimum Gasteiger partial charge on any atom is -0.352 e. The summed E-state index contributed by atoms with van der Waals surface area (Å²) in [5, 5.41) is 2.82. The Labute approximate surface area is 136 Å². The molecular weight excluding hydrogens is 290 g/mol. The molecule has 2 aromatic heterocycles. The first-order chi connectivity index (χ1) is 11.1. The summed E-state index contributed by atoms with van der Waals surface area (Å²) in [4.78, 5) is 28.9. The quantitative estimate of drug-likeness (QED) is 0.761. The summed E-state index contributed by atoms with van der Waals surface area (Å²) in [5.41, 5.74) is 1.12. The van der Waals surface area contributed by atoms with Crippen LogP contribution in [-0.4, -0.2) is 21.8 Å². The zero-order valence-corrected chi connectivity index (χ0v) is 14.0. The lowest BCUT2D eigenvalue weighted by molar-refractivity contribution is 0.0951. The third-order valence-electron chi connectivity index (χ3n) is 3.98. The van der Waals surface area contributed by atoms with E-state index in [0.29, 0.717) is 12.2 Å². The first-order valence-corrected chi connectivity index (χ1v) is 8.40. The summed E-state index contributed by atoms with van der Waals surface area (Å²) in [5.74, 6) is -0.339. The maximum atomic E-state index is 12.5. The smallest absolute Gasteiger partial charge is 0.270 e. The van der Waals surface area contributed by atoms with Crippen LogP contribution in [0.1, 0.15) is 61.5 Å². The van der Waals surface area contributed by atoms with Gasteiger partial charge in [0.1, 0.15) is 11.2 Å². The average Bonchev–Trinajstić information content (AvgIpc) is 2.54. The van der Waals surface area contributed by atoms with Crippen molar-refractivity contribution in [1.29, 1.82) is 0 Å². The zero-order chi connectivity index (χ0) is 16.7. The lowest BCUT2D eigenvalue weighted by Gasteiger charge is -2.07. The fourth-order valence-electron chi connectivity index (χ4n) is 2.63. The van der Waals surface area contributed by atoms with Crippen LogP contribution in [-0.2, 0) is 0 Å². The Morgan fingerprint density at radius 1 is 1.17 bits per heavy atom. The molecule has 23 heavy (non-hydrogen) atoms. The summed E-state index contributed by atoms with van der Waals surface area (Å²) in [6.07, 6.45) is 8.36. The second kappa shape index (κ2) is 8.46. The van der Waals surface area contributed by atoms with Gasteiger partial charge >= 0.3 is 0 Å². The van der Waals surface area contributed by atoms with Gasteiger partial charge in [0.2, 0.25) is 0 Å². The van der Waals surface area contributed by atoms with Crippen molar-refractivity contribution >= 4 is 11.6 Å². The van der Waals surface area contributed by atoms with E-state index in [1.54, 1.807) is 6.07 Å². The molecule has 0 saturated carbocycles. The van der Waals surface area contributed by atoms with Crippen molar-refractivity contribution in [2.45, 2.75) is 52.4 Å². The third kappa shape index (κ3) is 4.41. The van der Waals surface area contributed by atoms with E-state index in [0.717, 1.165) is 18.5 Å². The Hall–Kier alpha value is -2.17. The molecule has 0 unspecified atom stereocenters. The number of nitrogens with one attached hydrogen (secondary N) is 1. The average molecular weight is 315 g/mol. The molecular formula is C18H25N3O2. The molecule has 0 aromatic carbocycles. The molecule has 2 rings (SSSR count). The lowest BCUT2D eigenvalue weighted by atomic mass is 10.1. The molecule has 0 atom stereocenters. The van der Waals surface area contributed by atoms with Crippen LogP contribution in [0.25, 0.3) is 5.65 Å². The Balaban J connectivity index is 1.95. The number of unbranched alkanes of at least 4 members (excludes halogenated alkanes) is 5. The van der Waals surface area contributed by atoms with E-state index in [2.05, 4.69) is 17.2 Å². The zero-order valence-electron chi connectivity index (χ0n) is 14.0. The summed E-state index contributed by atoms with van der Waals surface area (Å²) in [6, 6.07) is 5.43. The maximum Gasteiger partial charge on any atom is 0.270 e. The Morgan fingerprint density at radius 3 is 2.70 bits per heavy atom. The van der Waals surface area contributed by atoms with Crippen LogP contribution in [0.3, 0.4) is 0 Å². The molecule has 0 aliphatic rings. The van der Waals surface area contributed by atoms with Crippen LogP contribution < -0.4 is 10.9 Å². The normalized spacial score (nSPS) is 10.9. The highest BCUT2D eigenvalue weighted by molar-refractivity contribution is 5.93. The number of aromatic nitrogens is 2. The Morgan fingerprint density at radius 2 is 1.91 bits per heavy atom. The number of nitrogens with zero attached hydrogens (tertiary/aromatic N) is 2. The SMILES string of the molecule is CCCCCCCCNC(=O)c1cnc2cccc(C)n2c1=O. The van der Waals surface area contributed by atoms with Crippen molar-refractivity contribution in [3.63, 3.8) is 0 Å². The molecule has 0 saturated heterocycles. The van der Waals surface area contributed by atoms with E-state index >= 15 is 0 Å². The number of fused-ring (bicyclic) bond motifs is 1. The van der Waals surface area contributed by atoms with Crippen LogP contribution in [0.5, 0.6) is 0 Å². The standard InChI is InChI=1S/C18H25N3O2/c1-3-4-5-6-7-8-12-19-17(22)15-13-20-16-11-9-10-14(2)21(16)18(15)23/h9-11,13H,3-8,12H2,1-2H3,(H,19,22). The fourth-order valence-corrected chi connectivity index (χ4v) is 2.63. The molecule has 5 heteroatoms. The molecule has 0 radical (unpaired) electrons. The van der Waals surface area contributed by atoms with Gasteiger partial charge in [-0.1, -0.05) is 45.1 Å². The number of hydrogen-bond donors (Lipinski definition) is 1. The van der Waals surface area contributed by atoms with Crippen LogP contribution in [0.15, 0.2) is 29.2 Å². The predicted octanol–water partition coefficient (Wildman–Crippen LogP) is 3.09. The first kappa shape index (κ1) is 17.2. The molecule has 2 aromatic rings. The third-order valence-corrected chi connectivity index (χ3v) is 3.98. The van der Waals surface area contributed by atoms with Gasteiger partial charge in [0.25, 0.3) is 11.5 Å². The van der Waals surface area contributed by atoms with Crippen molar-refractivity contribution < 1.29 is 4.79 Å². The van der Waals surface area contributed by atoms with Gasteiger partial charge in [0.15, 0.2) is 0 Å². The van der Waals surface area contributed by atoms with Gasteiger partial charge in [0.05, 0.1) is 0 Å². The van der Waals surface area contributed by atoms with Gasteiger partial charge in [-0.05, 0) is 25.5 Å². The van der Waals surface area contributed by atoms with Gasteiger partial charge in [-0.3, -0.25) is 14.0 Å². The number of aryl methyl sites for hydroxylation is 1. The molecule has 0 fully saturated rings. The number of pyridine rings is 1. The van der Waals surface area contributed by atoms with Gasteiger partial charge < -0.3 is 5.32 Å². The van der Waals surface area contributed by atoms with E-state index in [-0.39, 0.29) is 17.0 Å². The van der Waals surface area contributed by atoms with E-state index in [9.17, 15) is 9.59 Å². The number of carbonyl (C=O) groups is 1. The molecule has 0 aliphatic carbocycles. The number of rotatable bonds is 8. The molecule has 2 heterocycles. The summed E-state index contributed by atoms with van der Waals surface area (Å²) < 4.78 is 1.47. The molecule has 124 valence electrons. The minimum atomic E-state index is -0.339. The van der Waals surface area contributed by atoms with Gasteiger partial charge in [0, 0.05) is 18.4 Å². The number of amides is 1. The highest BCUT2D eigenvalue weighted by Crippen LogP contribution is 2.05. The van der Waals surface area contributed by atoms with Gasteiger partial charge in [-0.2, -0.15) is 0 Å². The predicted molar refractivity (Wildman–Crippen MR) is 91.9 cm³/mol. The topological polar surface area (TPSA) is 63.5 Å². The van der Waals surface area contributed by atoms with Gasteiger partial charge in [-0.15, -0.1) is 0 Å². The monoisotopic (exact) mass is 315 g/mol. The van der Waals surface area contributed by atoms with Crippen LogP contribution >= 0.6 is 0 Å². The first-order valence-electron chi connectivity index (χ1n) is 8.40. The molecule has 0 bridgehead atoms. The fraction of sp³-hybridized carbons (Fsp3) is 0.500. The van der Waals surface area contributed by atoms with Crippen LogP contribution in [0.2, 0.25) is 0 Å². The molecule has 5 nitrogen and oxygen atoms in total. The second-order valence-electron chi connectivity index (χ2n) is 5.86. The second-order valence-corrected chi connectivity index (χ2v) is 5.86. The maximum absolute atomic E-state index is 12.5. The summed E-state index contributed by atoms with van der Waals surface area (Å²) in [7, 11) is 0. The number of hydrogen-bond acceptors (Lipinski definition) is 3. The van der Waals surface area contributed by atoms with Gasteiger partial charge in [-0.25, -0.2) is 4.98 Å². The van der Waals surface area contributed by atoms with E-state index in [4.69, 9.17) is 0 Å². The van der Waals surface area contributed by atoms with E-state index in [1.165, 1.54) is 36.3 Å².